The van der Waals surface area contributed by atoms with E-state index in [9.17, 15) is 14.3 Å². The van der Waals surface area contributed by atoms with Gasteiger partial charge in [0.1, 0.15) is 0 Å². The van der Waals surface area contributed by atoms with Gasteiger partial charge in [0.2, 0.25) is 0 Å². The van der Waals surface area contributed by atoms with Crippen LogP contribution in [0.3, 0.4) is 0 Å². The van der Waals surface area contributed by atoms with Gasteiger partial charge in [-0.1, -0.05) is 43.2 Å². The summed E-state index contributed by atoms with van der Waals surface area (Å²) in [6.07, 6.45) is 6.10. The zero-order chi connectivity index (χ0) is 17.6. The zero-order valence-corrected chi connectivity index (χ0v) is 14.1. The Kier molecular flexibility index (Phi) is 5.76. The van der Waals surface area contributed by atoms with Crippen molar-refractivity contribution in [2.75, 3.05) is 6.54 Å². The number of aromatic nitrogens is 1. The molecule has 4 nitrogen and oxygen atoms in total. The zero-order valence-electron chi connectivity index (χ0n) is 14.1. The Labute approximate surface area is 147 Å². The molecule has 0 saturated carbocycles. The molecule has 0 spiro atoms. The van der Waals surface area contributed by atoms with Crippen molar-refractivity contribution in [1.82, 2.24) is 9.88 Å². The van der Waals surface area contributed by atoms with Crippen LogP contribution in [0.4, 0.5) is 4.39 Å². The van der Waals surface area contributed by atoms with Gasteiger partial charge in [0.15, 0.2) is 5.82 Å². The largest absolute Gasteiger partial charge is 0.388 e. The van der Waals surface area contributed by atoms with Gasteiger partial charge in [-0.2, -0.15) is 0 Å². The molecule has 1 N–H and O–H groups in total. The minimum absolute atomic E-state index is 0.0519. The van der Waals surface area contributed by atoms with E-state index in [2.05, 4.69) is 4.98 Å². The van der Waals surface area contributed by atoms with Gasteiger partial charge >= 0.3 is 0 Å². The molecule has 1 fully saturated rings. The first-order chi connectivity index (χ1) is 12.2. The van der Waals surface area contributed by atoms with E-state index < -0.39 is 11.9 Å². The van der Waals surface area contributed by atoms with Gasteiger partial charge in [0.05, 0.1) is 17.9 Å². The third-order valence-corrected chi connectivity index (χ3v) is 4.82. The number of carbonyl (C=O) groups excluding carboxylic acids is 1. The highest BCUT2D eigenvalue weighted by Crippen LogP contribution is 2.27. The molecule has 1 saturated heterocycles. The molecular weight excluding hydrogens is 319 g/mol. The maximum Gasteiger partial charge on any atom is 0.257 e. The van der Waals surface area contributed by atoms with Crippen molar-refractivity contribution in [3.05, 3.63) is 65.7 Å². The molecule has 5 heteroatoms. The average molecular weight is 342 g/mol. The number of aliphatic hydroxyl groups is 1. The van der Waals surface area contributed by atoms with Crippen molar-refractivity contribution in [3.63, 3.8) is 0 Å². The number of hydrogen-bond donors (Lipinski definition) is 1. The lowest BCUT2D eigenvalue weighted by atomic mass is 9.97. The number of carbonyl (C=O) groups is 1. The fourth-order valence-corrected chi connectivity index (χ4v) is 3.46. The number of amides is 1. The van der Waals surface area contributed by atoms with Gasteiger partial charge in [-0.25, -0.2) is 4.39 Å². The number of nitrogens with zero attached hydrogens (tertiary/aromatic N) is 2. The normalized spacial score (nSPS) is 19.3. The van der Waals surface area contributed by atoms with Crippen LogP contribution in [0.1, 0.15) is 54.1 Å². The van der Waals surface area contributed by atoms with Crippen LogP contribution in [0.5, 0.6) is 0 Å². The van der Waals surface area contributed by atoms with Crippen LogP contribution in [-0.2, 0) is 0 Å². The highest BCUT2D eigenvalue weighted by molar-refractivity contribution is 5.94. The Bertz CT molecular complexity index is 708. The second kappa shape index (κ2) is 8.21. The molecule has 3 rings (SSSR count). The molecule has 2 heterocycles. The summed E-state index contributed by atoms with van der Waals surface area (Å²) in [7, 11) is 0. The molecule has 1 aliphatic heterocycles. The summed E-state index contributed by atoms with van der Waals surface area (Å²) >= 11 is 0. The third kappa shape index (κ3) is 4.23. The number of aliphatic hydroxyl groups excluding tert-OH is 1. The maximum absolute atomic E-state index is 14.0. The third-order valence-electron chi connectivity index (χ3n) is 4.82. The molecule has 1 aromatic heterocycles. The molecule has 0 radical (unpaired) electrons. The molecule has 2 atom stereocenters. The second-order valence-corrected chi connectivity index (χ2v) is 6.52. The topological polar surface area (TPSA) is 53.4 Å². The van der Waals surface area contributed by atoms with Gasteiger partial charge in [-0.3, -0.25) is 9.78 Å². The fraction of sp³-hybridized carbons (Fsp3) is 0.400. The number of hydrogen-bond acceptors (Lipinski definition) is 3. The second-order valence-electron chi connectivity index (χ2n) is 6.52. The van der Waals surface area contributed by atoms with Crippen LogP contribution < -0.4 is 0 Å². The number of benzene rings is 1. The van der Waals surface area contributed by atoms with E-state index in [1.165, 1.54) is 12.3 Å². The van der Waals surface area contributed by atoms with Crippen molar-refractivity contribution in [1.29, 1.82) is 0 Å². The molecular formula is C20H23FN2O2. The molecule has 0 aliphatic carbocycles. The first-order valence-corrected chi connectivity index (χ1v) is 8.80. The smallest absolute Gasteiger partial charge is 0.257 e. The van der Waals surface area contributed by atoms with E-state index in [4.69, 9.17) is 0 Å². The monoisotopic (exact) mass is 342 g/mol. The fourth-order valence-electron chi connectivity index (χ4n) is 3.46. The van der Waals surface area contributed by atoms with Crippen LogP contribution >= 0.6 is 0 Å². The van der Waals surface area contributed by atoms with Gasteiger partial charge < -0.3 is 10.0 Å². The summed E-state index contributed by atoms with van der Waals surface area (Å²) < 4.78 is 14.0. The summed E-state index contributed by atoms with van der Waals surface area (Å²) in [5.74, 6) is -0.911. The number of likely N-dealkylation sites (tertiary alicyclic amines) is 1. The molecule has 25 heavy (non-hydrogen) atoms. The molecule has 1 aliphatic rings. The first kappa shape index (κ1) is 17.5. The van der Waals surface area contributed by atoms with Crippen LogP contribution in [-0.4, -0.2) is 33.5 Å². The maximum atomic E-state index is 14.0. The van der Waals surface area contributed by atoms with Crippen LogP contribution in [0, 0.1) is 5.82 Å². The minimum Gasteiger partial charge on any atom is -0.388 e. The molecule has 1 amide bonds. The van der Waals surface area contributed by atoms with Crippen LogP contribution in [0.25, 0.3) is 0 Å². The molecule has 0 unspecified atom stereocenters. The van der Waals surface area contributed by atoms with Crippen molar-refractivity contribution in [3.8, 4) is 0 Å². The van der Waals surface area contributed by atoms with E-state index in [0.717, 1.165) is 37.4 Å². The molecule has 132 valence electrons. The quantitative estimate of drug-likeness (QED) is 0.921. The summed E-state index contributed by atoms with van der Waals surface area (Å²) in [5.41, 5.74) is 0.894. The Balaban J connectivity index is 1.80. The lowest BCUT2D eigenvalue weighted by molar-refractivity contribution is 0.0583. The van der Waals surface area contributed by atoms with Crippen LogP contribution in [0.15, 0.2) is 48.8 Å². The minimum atomic E-state index is -0.637. The van der Waals surface area contributed by atoms with Gasteiger partial charge in [0.25, 0.3) is 5.91 Å². The molecule has 0 bridgehead atoms. The van der Waals surface area contributed by atoms with Crippen molar-refractivity contribution in [2.45, 2.75) is 44.2 Å². The summed E-state index contributed by atoms with van der Waals surface area (Å²) in [6, 6.07) is 10.8. The summed E-state index contributed by atoms with van der Waals surface area (Å²) in [6.45, 7) is 0.590. The van der Waals surface area contributed by atoms with E-state index in [1.54, 1.807) is 4.90 Å². The van der Waals surface area contributed by atoms with Crippen molar-refractivity contribution >= 4 is 5.91 Å². The first-order valence-electron chi connectivity index (χ1n) is 8.80. The van der Waals surface area contributed by atoms with E-state index in [0.29, 0.717) is 13.0 Å². The SMILES string of the molecule is O=C(c1ccncc1F)N1CCCCC[C@@H]1C[C@H](O)c1ccccc1. The lowest BCUT2D eigenvalue weighted by Crippen LogP contribution is -2.41. The van der Waals surface area contributed by atoms with E-state index in [-0.39, 0.29) is 17.5 Å². The summed E-state index contributed by atoms with van der Waals surface area (Å²) in [5, 5.41) is 10.6. The Hall–Kier alpha value is -2.27. The molecule has 1 aromatic carbocycles. The number of pyridine rings is 1. The predicted molar refractivity (Wildman–Crippen MR) is 93.5 cm³/mol. The van der Waals surface area contributed by atoms with Crippen molar-refractivity contribution in [2.24, 2.45) is 0 Å². The van der Waals surface area contributed by atoms with Gasteiger partial charge in [0, 0.05) is 18.8 Å². The average Bonchev–Trinajstić information content (AvgIpc) is 2.88. The predicted octanol–water partition coefficient (Wildman–Crippen LogP) is 3.73. The Morgan fingerprint density at radius 3 is 2.80 bits per heavy atom. The summed E-state index contributed by atoms with van der Waals surface area (Å²) in [4.78, 5) is 18.3. The van der Waals surface area contributed by atoms with Gasteiger partial charge in [-0.15, -0.1) is 0 Å². The lowest BCUT2D eigenvalue weighted by Gasteiger charge is -2.32. The molecule has 2 aromatic rings. The van der Waals surface area contributed by atoms with Crippen LogP contribution in [0.2, 0.25) is 0 Å². The standard InChI is InChI=1S/C20H23FN2O2/c21-18-14-22-11-10-17(18)20(25)23-12-6-2-5-9-16(23)13-19(24)15-7-3-1-4-8-15/h1,3-4,7-8,10-11,14,16,19,24H,2,5-6,9,12-13H2/t16-,19+/m1/s1. The van der Waals surface area contributed by atoms with Gasteiger partial charge in [-0.05, 0) is 30.9 Å². The number of rotatable bonds is 4. The van der Waals surface area contributed by atoms with E-state index >= 15 is 0 Å². The highest BCUT2D eigenvalue weighted by Gasteiger charge is 2.29. The number of halogens is 1. The van der Waals surface area contributed by atoms with Crippen molar-refractivity contribution < 1.29 is 14.3 Å². The Morgan fingerprint density at radius 1 is 1.24 bits per heavy atom. The highest BCUT2D eigenvalue weighted by atomic mass is 19.1. The Morgan fingerprint density at radius 2 is 2.04 bits per heavy atom. The van der Waals surface area contributed by atoms with E-state index in [1.807, 2.05) is 30.3 Å².